The summed E-state index contributed by atoms with van der Waals surface area (Å²) in [6.07, 6.45) is 0.593. The van der Waals surface area contributed by atoms with Gasteiger partial charge in [0, 0.05) is 0 Å². The number of ether oxygens (including phenoxy) is 1. The molecule has 8 nitrogen and oxygen atoms in total. The summed E-state index contributed by atoms with van der Waals surface area (Å²) < 4.78 is 5.02. The third-order valence-electron chi connectivity index (χ3n) is 2.20. The highest BCUT2D eigenvalue weighted by Gasteiger charge is 2.13. The number of amidine groups is 1. The zero-order valence-corrected chi connectivity index (χ0v) is 9.70. The van der Waals surface area contributed by atoms with Crippen molar-refractivity contribution in [3.63, 3.8) is 0 Å². The SMILES string of the molecule is NC(=NO)c1cn[nH]c1NC(=O)Oc1ccccc1. The van der Waals surface area contributed by atoms with Gasteiger partial charge in [0.05, 0.1) is 11.8 Å². The number of rotatable bonds is 3. The van der Waals surface area contributed by atoms with Crippen molar-refractivity contribution < 1.29 is 14.7 Å². The molecule has 2 aromatic rings. The lowest BCUT2D eigenvalue weighted by Gasteiger charge is -2.06. The van der Waals surface area contributed by atoms with Crippen LogP contribution in [0.15, 0.2) is 41.7 Å². The molecule has 2 rings (SSSR count). The first-order valence-corrected chi connectivity index (χ1v) is 5.26. The number of H-pyrrole nitrogens is 1. The molecule has 0 radical (unpaired) electrons. The second-order valence-electron chi connectivity index (χ2n) is 3.47. The summed E-state index contributed by atoms with van der Waals surface area (Å²) in [4.78, 5) is 11.6. The molecule has 1 aromatic heterocycles. The molecule has 0 fully saturated rings. The van der Waals surface area contributed by atoms with Crippen LogP contribution in [0.25, 0.3) is 0 Å². The Morgan fingerprint density at radius 1 is 1.42 bits per heavy atom. The number of aromatic amines is 1. The van der Waals surface area contributed by atoms with Gasteiger partial charge in [0.15, 0.2) is 5.84 Å². The second-order valence-corrected chi connectivity index (χ2v) is 3.47. The van der Waals surface area contributed by atoms with Crippen molar-refractivity contribution in [1.82, 2.24) is 10.2 Å². The number of para-hydroxylation sites is 1. The number of carbonyl (C=O) groups excluding carboxylic acids is 1. The molecule has 1 aromatic carbocycles. The number of anilines is 1. The van der Waals surface area contributed by atoms with Gasteiger partial charge in [0.2, 0.25) is 0 Å². The van der Waals surface area contributed by atoms with Crippen LogP contribution >= 0.6 is 0 Å². The number of amides is 1. The Kier molecular flexibility index (Phi) is 3.62. The molecule has 0 bridgehead atoms. The van der Waals surface area contributed by atoms with Gasteiger partial charge in [-0.3, -0.25) is 10.4 Å². The van der Waals surface area contributed by atoms with Crippen molar-refractivity contribution >= 4 is 17.7 Å². The van der Waals surface area contributed by atoms with E-state index in [1.807, 2.05) is 0 Å². The largest absolute Gasteiger partial charge is 0.418 e. The van der Waals surface area contributed by atoms with E-state index in [2.05, 4.69) is 20.7 Å². The first kappa shape index (κ1) is 12.4. The van der Waals surface area contributed by atoms with E-state index in [4.69, 9.17) is 15.7 Å². The van der Waals surface area contributed by atoms with Gasteiger partial charge < -0.3 is 15.7 Å². The maximum Gasteiger partial charge on any atom is 0.418 e. The van der Waals surface area contributed by atoms with Gasteiger partial charge >= 0.3 is 6.09 Å². The molecule has 5 N–H and O–H groups in total. The zero-order valence-electron chi connectivity index (χ0n) is 9.70. The molecule has 0 aliphatic rings. The third kappa shape index (κ3) is 3.00. The van der Waals surface area contributed by atoms with Crippen LogP contribution in [0.4, 0.5) is 10.6 Å². The fourth-order valence-corrected chi connectivity index (χ4v) is 1.35. The summed E-state index contributed by atoms with van der Waals surface area (Å²) in [5.74, 6) is 0.393. The first-order chi connectivity index (χ1) is 9.20. The van der Waals surface area contributed by atoms with Gasteiger partial charge in [0.1, 0.15) is 11.6 Å². The van der Waals surface area contributed by atoms with Crippen LogP contribution < -0.4 is 15.8 Å². The Bertz CT molecular complexity index is 593. The summed E-state index contributed by atoms with van der Waals surface area (Å²) in [6.45, 7) is 0. The van der Waals surface area contributed by atoms with E-state index < -0.39 is 6.09 Å². The first-order valence-electron chi connectivity index (χ1n) is 5.26. The lowest BCUT2D eigenvalue weighted by molar-refractivity contribution is 0.215. The fourth-order valence-electron chi connectivity index (χ4n) is 1.35. The summed E-state index contributed by atoms with van der Waals surface area (Å²) in [7, 11) is 0. The van der Waals surface area contributed by atoms with E-state index in [9.17, 15) is 4.79 Å². The molecule has 0 saturated carbocycles. The normalized spacial score (nSPS) is 11.1. The van der Waals surface area contributed by atoms with Crippen molar-refractivity contribution in [3.8, 4) is 5.75 Å². The van der Waals surface area contributed by atoms with Crippen molar-refractivity contribution in [2.45, 2.75) is 0 Å². The van der Waals surface area contributed by atoms with Crippen LogP contribution in [-0.4, -0.2) is 27.3 Å². The molecule has 0 aliphatic heterocycles. The number of nitrogens with one attached hydrogen (secondary N) is 2. The van der Waals surface area contributed by atoms with Crippen LogP contribution in [0, 0.1) is 0 Å². The number of oxime groups is 1. The molecule has 8 heteroatoms. The fraction of sp³-hybridized carbons (Fsp3) is 0. The molecule has 0 unspecified atom stereocenters. The molecule has 98 valence electrons. The quantitative estimate of drug-likeness (QED) is 0.285. The van der Waals surface area contributed by atoms with Crippen LogP contribution in [-0.2, 0) is 0 Å². The number of nitrogens with two attached hydrogens (primary N) is 1. The monoisotopic (exact) mass is 261 g/mol. The Morgan fingerprint density at radius 2 is 2.16 bits per heavy atom. The van der Waals surface area contributed by atoms with Gasteiger partial charge in [0.25, 0.3) is 0 Å². The summed E-state index contributed by atoms with van der Waals surface area (Å²) in [5, 5.41) is 20.0. The van der Waals surface area contributed by atoms with Gasteiger partial charge in [-0.1, -0.05) is 23.4 Å². The van der Waals surface area contributed by atoms with Crippen molar-refractivity contribution in [2.24, 2.45) is 10.9 Å². The standard InChI is InChI=1S/C11H11N5O3/c12-9(16-18)8-6-13-15-10(8)14-11(17)19-7-4-2-1-3-5-7/h1-6,18H,(H2,12,16)(H2,13,14,15,17). The molecule has 1 heterocycles. The van der Waals surface area contributed by atoms with E-state index in [0.717, 1.165) is 0 Å². The highest BCUT2D eigenvalue weighted by Crippen LogP contribution is 2.13. The van der Waals surface area contributed by atoms with E-state index in [1.54, 1.807) is 30.3 Å². The maximum absolute atomic E-state index is 11.6. The van der Waals surface area contributed by atoms with E-state index in [0.29, 0.717) is 5.75 Å². The zero-order chi connectivity index (χ0) is 13.7. The number of nitrogens with zero attached hydrogens (tertiary/aromatic N) is 2. The minimum absolute atomic E-state index is 0.177. The number of benzene rings is 1. The Morgan fingerprint density at radius 3 is 2.84 bits per heavy atom. The van der Waals surface area contributed by atoms with Gasteiger partial charge in [-0.15, -0.1) is 0 Å². The maximum atomic E-state index is 11.6. The third-order valence-corrected chi connectivity index (χ3v) is 2.20. The Hall–Kier alpha value is -3.03. The molecule has 0 atom stereocenters. The Labute approximate surface area is 107 Å². The van der Waals surface area contributed by atoms with Crippen molar-refractivity contribution in [1.29, 1.82) is 0 Å². The van der Waals surface area contributed by atoms with Gasteiger partial charge in [-0.05, 0) is 12.1 Å². The van der Waals surface area contributed by atoms with Gasteiger partial charge in [-0.25, -0.2) is 4.79 Å². The summed E-state index contributed by atoms with van der Waals surface area (Å²) in [6, 6.07) is 8.55. The predicted molar refractivity (Wildman–Crippen MR) is 67.2 cm³/mol. The molecule has 0 saturated heterocycles. The average molecular weight is 261 g/mol. The average Bonchev–Trinajstić information content (AvgIpc) is 2.87. The number of hydrogen-bond acceptors (Lipinski definition) is 5. The highest BCUT2D eigenvalue weighted by molar-refractivity contribution is 6.03. The summed E-state index contributed by atoms with van der Waals surface area (Å²) in [5.41, 5.74) is 5.67. The molecule has 1 amide bonds. The lowest BCUT2D eigenvalue weighted by atomic mass is 10.3. The smallest absolute Gasteiger partial charge is 0.410 e. The van der Waals surface area contributed by atoms with Crippen LogP contribution in [0.2, 0.25) is 0 Å². The predicted octanol–water partition coefficient (Wildman–Crippen LogP) is 1.12. The minimum Gasteiger partial charge on any atom is -0.410 e. The van der Waals surface area contributed by atoms with Crippen LogP contribution in [0.3, 0.4) is 0 Å². The van der Waals surface area contributed by atoms with Crippen molar-refractivity contribution in [2.75, 3.05) is 5.32 Å². The molecule has 0 spiro atoms. The van der Waals surface area contributed by atoms with E-state index in [-0.39, 0.29) is 17.2 Å². The highest BCUT2D eigenvalue weighted by atomic mass is 16.6. The lowest BCUT2D eigenvalue weighted by Crippen LogP contribution is -2.20. The second kappa shape index (κ2) is 5.54. The van der Waals surface area contributed by atoms with E-state index in [1.165, 1.54) is 6.20 Å². The number of hydrogen-bond donors (Lipinski definition) is 4. The summed E-state index contributed by atoms with van der Waals surface area (Å²) >= 11 is 0. The molecule has 0 aliphatic carbocycles. The number of aromatic nitrogens is 2. The molecule has 19 heavy (non-hydrogen) atoms. The molecular weight excluding hydrogens is 250 g/mol. The molecular formula is C11H11N5O3. The van der Waals surface area contributed by atoms with Crippen LogP contribution in [0.5, 0.6) is 5.75 Å². The van der Waals surface area contributed by atoms with Crippen molar-refractivity contribution in [3.05, 3.63) is 42.1 Å². The minimum atomic E-state index is -0.720. The van der Waals surface area contributed by atoms with Gasteiger partial charge in [-0.2, -0.15) is 5.10 Å². The van der Waals surface area contributed by atoms with E-state index >= 15 is 0 Å². The number of carbonyl (C=O) groups is 1. The Balaban J connectivity index is 2.06. The topological polar surface area (TPSA) is 126 Å². The van der Waals surface area contributed by atoms with Crippen LogP contribution in [0.1, 0.15) is 5.56 Å².